The predicted molar refractivity (Wildman–Crippen MR) is 109 cm³/mol. The molecule has 0 aliphatic carbocycles. The van der Waals surface area contributed by atoms with Crippen molar-refractivity contribution < 1.29 is 14.6 Å². The molecule has 0 saturated heterocycles. The molecular weight excluding hydrogens is 360 g/mol. The molecule has 140 valence electrons. The maximum atomic E-state index is 13.3. The SMILES string of the molecule is CCN1C(=S)NC(c2cccc(OC)c2O)C(C(=O)c2ccccc2)=C1C. The van der Waals surface area contributed by atoms with Crippen LogP contribution in [-0.2, 0) is 0 Å². The second kappa shape index (κ2) is 7.80. The van der Waals surface area contributed by atoms with Gasteiger partial charge in [0.25, 0.3) is 0 Å². The number of Topliss-reactive ketones (excluding diaryl/α,β-unsaturated/α-hetero) is 1. The minimum atomic E-state index is -0.567. The largest absolute Gasteiger partial charge is 0.504 e. The summed E-state index contributed by atoms with van der Waals surface area (Å²) in [4.78, 5) is 15.2. The Morgan fingerprint density at radius 1 is 1.22 bits per heavy atom. The van der Waals surface area contributed by atoms with Crippen LogP contribution in [0.15, 0.2) is 59.8 Å². The predicted octanol–water partition coefficient (Wildman–Crippen LogP) is 3.81. The van der Waals surface area contributed by atoms with Gasteiger partial charge in [0.2, 0.25) is 0 Å². The van der Waals surface area contributed by atoms with Crippen LogP contribution in [0.25, 0.3) is 0 Å². The lowest BCUT2D eigenvalue weighted by Gasteiger charge is -2.37. The summed E-state index contributed by atoms with van der Waals surface area (Å²) in [6.45, 7) is 4.50. The zero-order valence-electron chi connectivity index (χ0n) is 15.5. The third kappa shape index (κ3) is 3.40. The van der Waals surface area contributed by atoms with Gasteiger partial charge in [-0.05, 0) is 32.1 Å². The Kier molecular flexibility index (Phi) is 5.46. The molecular formula is C21H22N2O3S. The third-order valence-corrected chi connectivity index (χ3v) is 5.09. The average Bonchev–Trinajstić information content (AvgIpc) is 2.68. The third-order valence-electron chi connectivity index (χ3n) is 4.75. The van der Waals surface area contributed by atoms with Crippen molar-refractivity contribution in [1.29, 1.82) is 0 Å². The molecule has 3 rings (SSSR count). The molecule has 2 aromatic rings. The van der Waals surface area contributed by atoms with Crippen molar-refractivity contribution in [3.8, 4) is 11.5 Å². The molecule has 0 bridgehead atoms. The van der Waals surface area contributed by atoms with E-state index in [2.05, 4.69) is 5.32 Å². The van der Waals surface area contributed by atoms with Crippen LogP contribution in [-0.4, -0.2) is 34.6 Å². The van der Waals surface area contributed by atoms with Gasteiger partial charge in [0.1, 0.15) is 0 Å². The Bertz CT molecular complexity index is 909. The van der Waals surface area contributed by atoms with E-state index < -0.39 is 6.04 Å². The number of phenols is 1. The van der Waals surface area contributed by atoms with Gasteiger partial charge in [0.15, 0.2) is 22.4 Å². The second-order valence-electron chi connectivity index (χ2n) is 6.22. The highest BCUT2D eigenvalue weighted by Gasteiger charge is 2.35. The number of phenolic OH excluding ortho intramolecular Hbond substituents is 1. The normalized spacial score (nSPS) is 16.9. The Labute approximate surface area is 164 Å². The van der Waals surface area contributed by atoms with Crippen molar-refractivity contribution in [2.75, 3.05) is 13.7 Å². The van der Waals surface area contributed by atoms with E-state index in [0.717, 1.165) is 5.70 Å². The van der Waals surface area contributed by atoms with E-state index in [1.807, 2.05) is 36.9 Å². The van der Waals surface area contributed by atoms with E-state index in [4.69, 9.17) is 17.0 Å². The zero-order chi connectivity index (χ0) is 19.6. The van der Waals surface area contributed by atoms with E-state index in [-0.39, 0.29) is 11.5 Å². The van der Waals surface area contributed by atoms with E-state index in [1.165, 1.54) is 7.11 Å². The number of ether oxygens (including phenoxy) is 1. The molecule has 1 atom stereocenters. The van der Waals surface area contributed by atoms with E-state index >= 15 is 0 Å². The molecule has 27 heavy (non-hydrogen) atoms. The number of thiocarbonyl (C=S) groups is 1. The molecule has 0 aromatic heterocycles. The number of allylic oxidation sites excluding steroid dienone is 1. The monoisotopic (exact) mass is 382 g/mol. The number of hydrogen-bond donors (Lipinski definition) is 2. The van der Waals surface area contributed by atoms with Gasteiger partial charge in [0, 0.05) is 28.9 Å². The first kappa shape index (κ1) is 18.9. The molecule has 1 aliphatic rings. The second-order valence-corrected chi connectivity index (χ2v) is 6.61. The van der Waals surface area contributed by atoms with Gasteiger partial charge < -0.3 is 20.1 Å². The Hall–Kier alpha value is -2.86. The lowest BCUT2D eigenvalue weighted by Crippen LogP contribution is -2.47. The van der Waals surface area contributed by atoms with Crippen LogP contribution in [0, 0.1) is 0 Å². The molecule has 0 saturated carbocycles. The zero-order valence-corrected chi connectivity index (χ0v) is 16.3. The maximum Gasteiger partial charge on any atom is 0.193 e. The van der Waals surface area contributed by atoms with Crippen LogP contribution in [0.3, 0.4) is 0 Å². The van der Waals surface area contributed by atoms with Crippen LogP contribution in [0.1, 0.15) is 35.8 Å². The van der Waals surface area contributed by atoms with Gasteiger partial charge in [-0.1, -0.05) is 42.5 Å². The standard InChI is InChI=1S/C21H22N2O3S/c1-4-23-13(2)17(19(24)14-9-6-5-7-10-14)18(22-21(23)27)15-11-8-12-16(26-3)20(15)25/h5-12,18,25H,4H2,1-3H3,(H,22,27). The molecule has 5 nitrogen and oxygen atoms in total. The number of carbonyl (C=O) groups is 1. The van der Waals surface area contributed by atoms with E-state index in [1.54, 1.807) is 30.3 Å². The number of methoxy groups -OCH3 is 1. The van der Waals surface area contributed by atoms with Crippen LogP contribution in [0.5, 0.6) is 11.5 Å². The summed E-state index contributed by atoms with van der Waals surface area (Å²) in [5.41, 5.74) is 2.47. The smallest absolute Gasteiger partial charge is 0.193 e. The summed E-state index contributed by atoms with van der Waals surface area (Å²) >= 11 is 5.50. The van der Waals surface area contributed by atoms with Gasteiger partial charge in [0.05, 0.1) is 13.2 Å². The molecule has 2 N–H and O–H groups in total. The van der Waals surface area contributed by atoms with Gasteiger partial charge in [-0.2, -0.15) is 0 Å². The highest BCUT2D eigenvalue weighted by molar-refractivity contribution is 7.80. The van der Waals surface area contributed by atoms with Crippen LogP contribution < -0.4 is 10.1 Å². The van der Waals surface area contributed by atoms with Crippen molar-refractivity contribution in [1.82, 2.24) is 10.2 Å². The Morgan fingerprint density at radius 3 is 2.56 bits per heavy atom. The summed E-state index contributed by atoms with van der Waals surface area (Å²) in [7, 11) is 1.49. The lowest BCUT2D eigenvalue weighted by molar-refractivity contribution is 0.102. The van der Waals surface area contributed by atoms with Gasteiger partial charge in [-0.15, -0.1) is 0 Å². The van der Waals surface area contributed by atoms with E-state index in [0.29, 0.717) is 34.1 Å². The molecule has 6 heteroatoms. The lowest BCUT2D eigenvalue weighted by atomic mass is 9.88. The Morgan fingerprint density at radius 2 is 1.93 bits per heavy atom. The number of ketones is 1. The molecule has 2 aromatic carbocycles. The Balaban J connectivity index is 2.18. The molecule has 0 amide bonds. The maximum absolute atomic E-state index is 13.3. The highest BCUT2D eigenvalue weighted by Crippen LogP contribution is 2.40. The number of nitrogens with zero attached hydrogens (tertiary/aromatic N) is 1. The van der Waals surface area contributed by atoms with Gasteiger partial charge >= 0.3 is 0 Å². The van der Waals surface area contributed by atoms with Crippen LogP contribution in [0.4, 0.5) is 0 Å². The molecule has 0 fully saturated rings. The molecule has 0 radical (unpaired) electrons. The minimum Gasteiger partial charge on any atom is -0.504 e. The van der Waals surface area contributed by atoms with Gasteiger partial charge in [-0.25, -0.2) is 0 Å². The van der Waals surface area contributed by atoms with Crippen LogP contribution >= 0.6 is 12.2 Å². The molecule has 1 aliphatic heterocycles. The fraction of sp³-hybridized carbons (Fsp3) is 0.238. The summed E-state index contributed by atoms with van der Waals surface area (Å²) in [5, 5.41) is 14.4. The van der Waals surface area contributed by atoms with Crippen molar-refractivity contribution in [2.24, 2.45) is 0 Å². The summed E-state index contributed by atoms with van der Waals surface area (Å²) in [5.74, 6) is 0.243. The first-order valence-corrected chi connectivity index (χ1v) is 9.14. The first-order valence-electron chi connectivity index (χ1n) is 8.74. The average molecular weight is 382 g/mol. The number of aromatic hydroxyl groups is 1. The molecule has 1 unspecified atom stereocenters. The highest BCUT2D eigenvalue weighted by atomic mass is 32.1. The number of rotatable bonds is 5. The van der Waals surface area contributed by atoms with Crippen LogP contribution in [0.2, 0.25) is 0 Å². The number of benzene rings is 2. The summed E-state index contributed by atoms with van der Waals surface area (Å²) in [6, 6.07) is 13.8. The summed E-state index contributed by atoms with van der Waals surface area (Å²) < 4.78 is 5.23. The fourth-order valence-corrected chi connectivity index (χ4v) is 3.76. The summed E-state index contributed by atoms with van der Waals surface area (Å²) in [6.07, 6.45) is 0. The van der Waals surface area contributed by atoms with Crippen molar-refractivity contribution in [3.63, 3.8) is 0 Å². The van der Waals surface area contributed by atoms with Crippen molar-refractivity contribution in [2.45, 2.75) is 19.9 Å². The number of hydrogen-bond acceptors (Lipinski definition) is 4. The quantitative estimate of drug-likeness (QED) is 0.606. The molecule has 1 heterocycles. The van der Waals surface area contributed by atoms with E-state index in [9.17, 15) is 9.90 Å². The fourth-order valence-electron chi connectivity index (χ4n) is 3.37. The molecule has 0 spiro atoms. The first-order chi connectivity index (χ1) is 13.0. The number of carbonyl (C=O) groups excluding carboxylic acids is 1. The number of para-hydroxylation sites is 1. The van der Waals surface area contributed by atoms with Crippen molar-refractivity contribution in [3.05, 3.63) is 70.9 Å². The minimum absolute atomic E-state index is 0.00332. The topological polar surface area (TPSA) is 61.8 Å². The van der Waals surface area contributed by atoms with Gasteiger partial charge in [-0.3, -0.25) is 4.79 Å². The number of nitrogens with one attached hydrogen (secondary N) is 1. The van der Waals surface area contributed by atoms with Crippen molar-refractivity contribution >= 4 is 23.1 Å².